The van der Waals surface area contributed by atoms with Gasteiger partial charge < -0.3 is 10.5 Å². The van der Waals surface area contributed by atoms with E-state index in [4.69, 9.17) is 10.5 Å². The highest BCUT2D eigenvalue weighted by atomic mass is 19.1. The lowest BCUT2D eigenvalue weighted by atomic mass is 9.87. The van der Waals surface area contributed by atoms with Gasteiger partial charge >= 0.3 is 0 Å². The number of nitrogens with two attached hydrogens (primary N) is 1. The van der Waals surface area contributed by atoms with Crippen molar-refractivity contribution in [2.45, 2.75) is 18.9 Å². The minimum atomic E-state index is -0.579. The van der Waals surface area contributed by atoms with E-state index >= 15 is 0 Å². The zero-order chi connectivity index (χ0) is 11.5. The van der Waals surface area contributed by atoms with E-state index in [0.717, 1.165) is 12.8 Å². The summed E-state index contributed by atoms with van der Waals surface area (Å²) in [7, 11) is 0. The monoisotopic (exact) mass is 227 g/mol. The van der Waals surface area contributed by atoms with E-state index < -0.39 is 17.7 Å². The zero-order valence-electron chi connectivity index (χ0n) is 8.96. The molecule has 1 aromatic carbocycles. The van der Waals surface area contributed by atoms with Gasteiger partial charge in [-0.2, -0.15) is 0 Å². The van der Waals surface area contributed by atoms with Gasteiger partial charge in [-0.1, -0.05) is 6.07 Å². The summed E-state index contributed by atoms with van der Waals surface area (Å²) in [5.41, 5.74) is 5.94. The molecule has 2 N–H and O–H groups in total. The van der Waals surface area contributed by atoms with Crippen molar-refractivity contribution >= 4 is 0 Å². The highest BCUT2D eigenvalue weighted by Crippen LogP contribution is 2.30. The van der Waals surface area contributed by atoms with Crippen molar-refractivity contribution in [3.8, 4) is 0 Å². The molecule has 1 fully saturated rings. The Labute approximate surface area is 93.4 Å². The van der Waals surface area contributed by atoms with E-state index in [0.29, 0.717) is 13.2 Å². The fourth-order valence-electron chi connectivity index (χ4n) is 2.14. The van der Waals surface area contributed by atoms with Crippen LogP contribution in [0.3, 0.4) is 0 Å². The number of benzene rings is 1. The van der Waals surface area contributed by atoms with Gasteiger partial charge in [-0.15, -0.1) is 0 Å². The molecular formula is C12H15F2NO. The molecule has 1 saturated heterocycles. The molecule has 0 amide bonds. The summed E-state index contributed by atoms with van der Waals surface area (Å²) in [4.78, 5) is 0. The number of ether oxygens (including phenoxy) is 1. The molecule has 16 heavy (non-hydrogen) atoms. The third-order valence-corrected chi connectivity index (χ3v) is 3.11. The lowest BCUT2D eigenvalue weighted by Gasteiger charge is -2.28. The average Bonchev–Trinajstić information content (AvgIpc) is 2.30. The Morgan fingerprint density at radius 1 is 1.19 bits per heavy atom. The number of halogens is 2. The summed E-state index contributed by atoms with van der Waals surface area (Å²) in [5, 5.41) is 0. The second kappa shape index (κ2) is 4.89. The molecule has 1 aliphatic heterocycles. The minimum absolute atomic E-state index is 0.00870. The third kappa shape index (κ3) is 2.23. The standard InChI is InChI=1S/C12H15F2NO/c13-9-2-1-3-10(14)11(9)12(15)8-4-6-16-7-5-8/h1-3,8,12H,4-7,15H2. The molecule has 88 valence electrons. The highest BCUT2D eigenvalue weighted by molar-refractivity contribution is 5.23. The number of rotatable bonds is 2. The van der Waals surface area contributed by atoms with Crippen molar-refractivity contribution in [3.05, 3.63) is 35.4 Å². The Balaban J connectivity index is 2.22. The molecule has 0 bridgehead atoms. The normalized spacial score (nSPS) is 19.7. The molecule has 2 rings (SSSR count). The largest absolute Gasteiger partial charge is 0.381 e. The molecule has 1 unspecified atom stereocenters. The molecule has 4 heteroatoms. The van der Waals surface area contributed by atoms with Crippen LogP contribution in [0.2, 0.25) is 0 Å². The van der Waals surface area contributed by atoms with Crippen LogP contribution in [0.4, 0.5) is 8.78 Å². The molecule has 1 atom stereocenters. The van der Waals surface area contributed by atoms with Gasteiger partial charge in [0.2, 0.25) is 0 Å². The fourth-order valence-corrected chi connectivity index (χ4v) is 2.14. The Morgan fingerprint density at radius 2 is 1.75 bits per heavy atom. The van der Waals surface area contributed by atoms with E-state index in [1.807, 2.05) is 0 Å². The fraction of sp³-hybridized carbons (Fsp3) is 0.500. The van der Waals surface area contributed by atoms with Crippen LogP contribution in [-0.2, 0) is 4.74 Å². The maximum atomic E-state index is 13.5. The Morgan fingerprint density at radius 3 is 2.31 bits per heavy atom. The van der Waals surface area contributed by atoms with E-state index in [2.05, 4.69) is 0 Å². The summed E-state index contributed by atoms with van der Waals surface area (Å²) < 4.78 is 32.2. The number of hydrogen-bond donors (Lipinski definition) is 1. The van der Waals surface area contributed by atoms with Gasteiger partial charge in [0.1, 0.15) is 11.6 Å². The lowest BCUT2D eigenvalue weighted by molar-refractivity contribution is 0.0576. The van der Waals surface area contributed by atoms with E-state index in [-0.39, 0.29) is 11.5 Å². The Kier molecular flexibility index (Phi) is 3.51. The molecule has 1 heterocycles. The molecular weight excluding hydrogens is 212 g/mol. The second-order valence-corrected chi connectivity index (χ2v) is 4.11. The molecule has 2 nitrogen and oxygen atoms in total. The maximum Gasteiger partial charge on any atom is 0.130 e. The first-order chi connectivity index (χ1) is 7.70. The van der Waals surface area contributed by atoms with Crippen LogP contribution < -0.4 is 5.73 Å². The molecule has 0 aliphatic carbocycles. The van der Waals surface area contributed by atoms with Crippen molar-refractivity contribution in [1.82, 2.24) is 0 Å². The van der Waals surface area contributed by atoms with Crippen LogP contribution in [0, 0.1) is 17.6 Å². The van der Waals surface area contributed by atoms with Gasteiger partial charge in [-0.05, 0) is 30.9 Å². The Hall–Kier alpha value is -1.00. The summed E-state index contributed by atoms with van der Waals surface area (Å²) in [6.45, 7) is 1.24. The summed E-state index contributed by atoms with van der Waals surface area (Å²) in [5.74, 6) is -1.02. The Bertz CT molecular complexity index is 344. The van der Waals surface area contributed by atoms with E-state index in [1.165, 1.54) is 18.2 Å². The van der Waals surface area contributed by atoms with E-state index in [9.17, 15) is 8.78 Å². The van der Waals surface area contributed by atoms with E-state index in [1.54, 1.807) is 0 Å². The zero-order valence-corrected chi connectivity index (χ0v) is 8.96. The van der Waals surface area contributed by atoms with Gasteiger partial charge in [0.25, 0.3) is 0 Å². The van der Waals surface area contributed by atoms with Crippen LogP contribution in [0.25, 0.3) is 0 Å². The molecule has 0 radical (unpaired) electrons. The molecule has 0 spiro atoms. The number of hydrogen-bond acceptors (Lipinski definition) is 2. The van der Waals surface area contributed by atoms with Crippen LogP contribution in [0.5, 0.6) is 0 Å². The van der Waals surface area contributed by atoms with Crippen molar-refractivity contribution in [2.24, 2.45) is 11.7 Å². The minimum Gasteiger partial charge on any atom is -0.381 e. The second-order valence-electron chi connectivity index (χ2n) is 4.11. The lowest BCUT2D eigenvalue weighted by Crippen LogP contribution is -2.28. The highest BCUT2D eigenvalue weighted by Gasteiger charge is 2.26. The van der Waals surface area contributed by atoms with Crippen molar-refractivity contribution < 1.29 is 13.5 Å². The van der Waals surface area contributed by atoms with Crippen LogP contribution >= 0.6 is 0 Å². The van der Waals surface area contributed by atoms with Crippen molar-refractivity contribution in [2.75, 3.05) is 13.2 Å². The molecule has 1 aromatic rings. The predicted molar refractivity (Wildman–Crippen MR) is 56.8 cm³/mol. The first-order valence-corrected chi connectivity index (χ1v) is 5.47. The first-order valence-electron chi connectivity index (χ1n) is 5.47. The molecule has 0 saturated carbocycles. The molecule has 0 aromatic heterocycles. The summed E-state index contributed by atoms with van der Waals surface area (Å²) in [6, 6.07) is 3.27. The first kappa shape index (κ1) is 11.5. The predicted octanol–water partition coefficient (Wildman–Crippen LogP) is 2.39. The van der Waals surface area contributed by atoms with Gasteiger partial charge in [0, 0.05) is 24.8 Å². The summed E-state index contributed by atoms with van der Waals surface area (Å²) in [6.07, 6.45) is 1.52. The average molecular weight is 227 g/mol. The van der Waals surface area contributed by atoms with Gasteiger partial charge in [-0.3, -0.25) is 0 Å². The summed E-state index contributed by atoms with van der Waals surface area (Å²) >= 11 is 0. The maximum absolute atomic E-state index is 13.5. The quantitative estimate of drug-likeness (QED) is 0.842. The SMILES string of the molecule is NC(c1c(F)cccc1F)C1CCOCC1. The third-order valence-electron chi connectivity index (χ3n) is 3.11. The van der Waals surface area contributed by atoms with Crippen LogP contribution in [0.15, 0.2) is 18.2 Å². The molecule has 1 aliphatic rings. The van der Waals surface area contributed by atoms with Crippen molar-refractivity contribution in [3.63, 3.8) is 0 Å². The van der Waals surface area contributed by atoms with Crippen LogP contribution in [-0.4, -0.2) is 13.2 Å². The van der Waals surface area contributed by atoms with Gasteiger partial charge in [-0.25, -0.2) is 8.78 Å². The van der Waals surface area contributed by atoms with Crippen LogP contribution in [0.1, 0.15) is 24.4 Å². The van der Waals surface area contributed by atoms with Crippen molar-refractivity contribution in [1.29, 1.82) is 0 Å². The van der Waals surface area contributed by atoms with Gasteiger partial charge in [0.15, 0.2) is 0 Å². The smallest absolute Gasteiger partial charge is 0.130 e. The van der Waals surface area contributed by atoms with Gasteiger partial charge in [0.05, 0.1) is 0 Å². The topological polar surface area (TPSA) is 35.2 Å².